The van der Waals surface area contributed by atoms with Crippen molar-refractivity contribution in [1.82, 2.24) is 0 Å². The Bertz CT molecular complexity index is 321. The molecule has 0 aromatic heterocycles. The molecule has 0 aromatic carbocycles. The van der Waals surface area contributed by atoms with Crippen LogP contribution in [0, 0.1) is 5.92 Å². The van der Waals surface area contributed by atoms with Crippen LogP contribution in [0.15, 0.2) is 12.2 Å². The van der Waals surface area contributed by atoms with Gasteiger partial charge in [-0.05, 0) is 18.9 Å². The second kappa shape index (κ2) is 14.8. The van der Waals surface area contributed by atoms with Crippen molar-refractivity contribution in [2.75, 3.05) is 7.11 Å². The smallest absolute Gasteiger partial charge is 0.330 e. The second-order valence-electron chi connectivity index (χ2n) is 6.01. The number of hydrogen-bond donors (Lipinski definition) is 0. The Morgan fingerprint density at radius 1 is 0.818 bits per heavy atom. The fourth-order valence-corrected chi connectivity index (χ4v) is 2.59. The molecule has 0 N–H and O–H groups in total. The summed E-state index contributed by atoms with van der Waals surface area (Å²) in [5.41, 5.74) is 0. The summed E-state index contributed by atoms with van der Waals surface area (Å²) in [4.78, 5) is 23.4. The van der Waals surface area contributed by atoms with Crippen molar-refractivity contribution in [1.29, 1.82) is 0 Å². The first-order chi connectivity index (χ1) is 10.7. The van der Waals surface area contributed by atoms with Gasteiger partial charge in [-0.3, -0.25) is 4.79 Å². The number of esters is 1. The minimum atomic E-state index is -0.457. The third kappa shape index (κ3) is 11.5. The van der Waals surface area contributed by atoms with E-state index in [0.717, 1.165) is 25.7 Å². The van der Waals surface area contributed by atoms with Crippen LogP contribution in [-0.2, 0) is 14.3 Å². The Labute approximate surface area is 136 Å². The maximum Gasteiger partial charge on any atom is 0.330 e. The summed E-state index contributed by atoms with van der Waals surface area (Å²) in [5.74, 6) is -0.308. The van der Waals surface area contributed by atoms with E-state index < -0.39 is 5.97 Å². The van der Waals surface area contributed by atoms with E-state index in [0.29, 0.717) is 0 Å². The fourth-order valence-electron chi connectivity index (χ4n) is 2.59. The molecule has 0 heterocycles. The molecule has 1 unspecified atom stereocenters. The Kier molecular flexibility index (Phi) is 14.0. The van der Waals surface area contributed by atoms with Crippen LogP contribution in [0.1, 0.15) is 84.5 Å². The quantitative estimate of drug-likeness (QED) is 0.250. The lowest BCUT2D eigenvalue weighted by Gasteiger charge is -2.14. The van der Waals surface area contributed by atoms with E-state index in [1.54, 1.807) is 0 Å². The van der Waals surface area contributed by atoms with Gasteiger partial charge in [-0.1, -0.05) is 71.6 Å². The zero-order valence-corrected chi connectivity index (χ0v) is 14.7. The Morgan fingerprint density at radius 2 is 1.32 bits per heavy atom. The number of rotatable bonds is 14. The van der Waals surface area contributed by atoms with Crippen LogP contribution < -0.4 is 0 Å². The summed E-state index contributed by atoms with van der Waals surface area (Å²) in [6.45, 7) is 4.40. The molecule has 0 spiro atoms. The molecule has 0 bridgehead atoms. The highest BCUT2D eigenvalue weighted by Crippen LogP contribution is 2.20. The van der Waals surface area contributed by atoms with Gasteiger partial charge in [0.25, 0.3) is 0 Å². The molecule has 0 aliphatic rings. The summed E-state index contributed by atoms with van der Waals surface area (Å²) in [6, 6.07) is 0. The third-order valence-electron chi connectivity index (χ3n) is 4.05. The van der Waals surface area contributed by atoms with Crippen LogP contribution in [0.25, 0.3) is 0 Å². The molecule has 0 amide bonds. The molecule has 0 rings (SSSR count). The minimum absolute atomic E-state index is 0.0689. The first kappa shape index (κ1) is 20.9. The van der Waals surface area contributed by atoms with Crippen molar-refractivity contribution in [3.8, 4) is 0 Å². The first-order valence-corrected chi connectivity index (χ1v) is 8.95. The molecule has 1 atom stereocenters. The maximum atomic E-state index is 12.3. The molecule has 0 saturated carbocycles. The number of carbonyl (C=O) groups is 2. The van der Waals surface area contributed by atoms with Crippen LogP contribution in [0.2, 0.25) is 0 Å². The SMILES string of the molecule is CCCCCCCC(CCCCCC)C(=O)/C=C/C(=O)OC. The molecule has 0 aliphatic carbocycles. The van der Waals surface area contributed by atoms with Crippen molar-refractivity contribution in [2.24, 2.45) is 5.92 Å². The Hall–Kier alpha value is -1.12. The van der Waals surface area contributed by atoms with Crippen molar-refractivity contribution in [2.45, 2.75) is 84.5 Å². The molecule has 3 nitrogen and oxygen atoms in total. The van der Waals surface area contributed by atoms with E-state index in [1.807, 2.05) is 0 Å². The number of unbranched alkanes of at least 4 members (excludes halogenated alkanes) is 7. The zero-order chi connectivity index (χ0) is 16.6. The van der Waals surface area contributed by atoms with E-state index in [1.165, 1.54) is 64.2 Å². The van der Waals surface area contributed by atoms with E-state index in [2.05, 4.69) is 18.6 Å². The average Bonchev–Trinajstić information content (AvgIpc) is 2.53. The topological polar surface area (TPSA) is 43.4 Å². The molecule has 0 fully saturated rings. The van der Waals surface area contributed by atoms with Crippen LogP contribution in [-0.4, -0.2) is 18.9 Å². The highest BCUT2D eigenvalue weighted by atomic mass is 16.5. The van der Waals surface area contributed by atoms with Crippen LogP contribution in [0.3, 0.4) is 0 Å². The van der Waals surface area contributed by atoms with Gasteiger partial charge in [0.2, 0.25) is 0 Å². The highest BCUT2D eigenvalue weighted by Gasteiger charge is 2.15. The zero-order valence-electron chi connectivity index (χ0n) is 14.7. The minimum Gasteiger partial charge on any atom is -0.466 e. The number of carbonyl (C=O) groups excluding carboxylic acids is 2. The normalized spacial score (nSPS) is 12.5. The molecular formula is C19H34O3. The molecule has 0 saturated heterocycles. The molecule has 128 valence electrons. The van der Waals surface area contributed by atoms with Gasteiger partial charge in [0, 0.05) is 12.0 Å². The summed E-state index contributed by atoms with van der Waals surface area (Å²) < 4.78 is 4.54. The first-order valence-electron chi connectivity index (χ1n) is 8.95. The molecule has 3 heteroatoms. The van der Waals surface area contributed by atoms with Gasteiger partial charge >= 0.3 is 5.97 Å². The van der Waals surface area contributed by atoms with Gasteiger partial charge in [0.05, 0.1) is 7.11 Å². The van der Waals surface area contributed by atoms with Gasteiger partial charge in [0.15, 0.2) is 5.78 Å². The molecule has 0 radical (unpaired) electrons. The van der Waals surface area contributed by atoms with Gasteiger partial charge in [-0.2, -0.15) is 0 Å². The van der Waals surface area contributed by atoms with Crippen molar-refractivity contribution in [3.05, 3.63) is 12.2 Å². The predicted molar refractivity (Wildman–Crippen MR) is 91.8 cm³/mol. The molecule has 0 aliphatic heterocycles. The van der Waals surface area contributed by atoms with E-state index in [-0.39, 0.29) is 11.7 Å². The lowest BCUT2D eigenvalue weighted by molar-refractivity contribution is -0.135. The average molecular weight is 310 g/mol. The van der Waals surface area contributed by atoms with Crippen LogP contribution >= 0.6 is 0 Å². The number of allylic oxidation sites excluding steroid dienone is 1. The lowest BCUT2D eigenvalue weighted by Crippen LogP contribution is -2.13. The third-order valence-corrected chi connectivity index (χ3v) is 4.05. The summed E-state index contributed by atoms with van der Waals surface area (Å²) in [6.07, 6.45) is 15.3. The Balaban J connectivity index is 4.27. The second-order valence-corrected chi connectivity index (χ2v) is 6.01. The Morgan fingerprint density at radius 3 is 1.82 bits per heavy atom. The van der Waals surface area contributed by atoms with Crippen LogP contribution in [0.5, 0.6) is 0 Å². The number of methoxy groups -OCH3 is 1. The molecule has 0 aromatic rings. The van der Waals surface area contributed by atoms with Crippen molar-refractivity contribution < 1.29 is 14.3 Å². The number of hydrogen-bond acceptors (Lipinski definition) is 3. The van der Waals surface area contributed by atoms with Crippen molar-refractivity contribution >= 4 is 11.8 Å². The highest BCUT2D eigenvalue weighted by molar-refractivity contribution is 5.97. The lowest BCUT2D eigenvalue weighted by atomic mass is 9.90. The monoisotopic (exact) mass is 310 g/mol. The standard InChI is InChI=1S/C19H34O3/c1-4-6-8-10-12-14-17(13-11-9-7-5-2)18(20)15-16-19(21)22-3/h15-17H,4-14H2,1-3H3/b16-15+. The predicted octanol–water partition coefficient (Wildman–Crippen LogP) is 5.23. The van der Waals surface area contributed by atoms with E-state index >= 15 is 0 Å². The number of ether oxygens (including phenoxy) is 1. The van der Waals surface area contributed by atoms with Gasteiger partial charge in [-0.25, -0.2) is 4.79 Å². The van der Waals surface area contributed by atoms with Gasteiger partial charge in [-0.15, -0.1) is 0 Å². The summed E-state index contributed by atoms with van der Waals surface area (Å²) in [5, 5.41) is 0. The maximum absolute atomic E-state index is 12.3. The van der Waals surface area contributed by atoms with Gasteiger partial charge in [0.1, 0.15) is 0 Å². The summed E-state index contributed by atoms with van der Waals surface area (Å²) >= 11 is 0. The molecule has 22 heavy (non-hydrogen) atoms. The van der Waals surface area contributed by atoms with E-state index in [9.17, 15) is 9.59 Å². The largest absolute Gasteiger partial charge is 0.466 e. The van der Waals surface area contributed by atoms with Crippen LogP contribution in [0.4, 0.5) is 0 Å². The van der Waals surface area contributed by atoms with Gasteiger partial charge < -0.3 is 4.74 Å². The molecular weight excluding hydrogens is 276 g/mol. The fraction of sp³-hybridized carbons (Fsp3) is 0.789. The number of ketones is 1. The summed E-state index contributed by atoms with van der Waals surface area (Å²) in [7, 11) is 1.33. The van der Waals surface area contributed by atoms with Crippen molar-refractivity contribution in [3.63, 3.8) is 0 Å². The van der Waals surface area contributed by atoms with E-state index in [4.69, 9.17) is 0 Å².